The lowest BCUT2D eigenvalue weighted by atomic mass is 10.2. The first kappa shape index (κ1) is 20.8. The summed E-state index contributed by atoms with van der Waals surface area (Å²) < 4.78 is 46.3. The van der Waals surface area contributed by atoms with Gasteiger partial charge < -0.3 is 10.1 Å². The number of hydrogen-bond donors (Lipinski definition) is 2. The molecule has 154 valence electrons. The molecule has 1 amide bonds. The van der Waals surface area contributed by atoms with Gasteiger partial charge in [-0.05, 0) is 62.6 Å². The van der Waals surface area contributed by atoms with Crippen LogP contribution in [0.3, 0.4) is 0 Å². The molecule has 0 aliphatic heterocycles. The molecule has 2 aromatic carbocycles. The molecule has 1 fully saturated rings. The van der Waals surface area contributed by atoms with Crippen LogP contribution >= 0.6 is 0 Å². The number of anilines is 1. The lowest BCUT2D eigenvalue weighted by molar-refractivity contribution is -0.129. The van der Waals surface area contributed by atoms with Crippen molar-refractivity contribution >= 4 is 27.6 Å². The average Bonchev–Trinajstić information content (AvgIpc) is 3.45. The van der Waals surface area contributed by atoms with Crippen LogP contribution in [0.25, 0.3) is 0 Å². The van der Waals surface area contributed by atoms with Crippen LogP contribution < -0.4 is 10.0 Å². The standard InChI is InChI=1S/C20H21FN2O5S/c1-12-11-14(21)7-10-18(12)29(26,27)23-17-6-4-3-5-16(17)20(25)28-13(2)19(24)22-15-8-9-15/h3-7,10-11,13,15,23H,8-9H2,1-2H3,(H,22,24)/t13-/m1/s1. The molecule has 1 aliphatic carbocycles. The summed E-state index contributed by atoms with van der Waals surface area (Å²) in [6.45, 7) is 2.92. The first-order valence-corrected chi connectivity index (χ1v) is 10.5. The largest absolute Gasteiger partial charge is 0.449 e. The third kappa shape index (κ3) is 5.11. The van der Waals surface area contributed by atoms with E-state index in [4.69, 9.17) is 4.74 Å². The first-order valence-electron chi connectivity index (χ1n) is 9.07. The quantitative estimate of drug-likeness (QED) is 0.671. The van der Waals surface area contributed by atoms with Crippen LogP contribution in [0.2, 0.25) is 0 Å². The second kappa shape index (κ2) is 8.20. The summed E-state index contributed by atoms with van der Waals surface area (Å²) in [5, 5.41) is 2.74. The Morgan fingerprint density at radius 2 is 1.86 bits per heavy atom. The van der Waals surface area contributed by atoms with Crippen molar-refractivity contribution in [2.24, 2.45) is 0 Å². The summed E-state index contributed by atoms with van der Waals surface area (Å²) in [5.41, 5.74) is 0.181. The number of hydrogen-bond acceptors (Lipinski definition) is 5. The zero-order chi connectivity index (χ0) is 21.2. The van der Waals surface area contributed by atoms with E-state index in [0.717, 1.165) is 31.0 Å². The molecule has 0 heterocycles. The van der Waals surface area contributed by atoms with Gasteiger partial charge in [0.2, 0.25) is 0 Å². The van der Waals surface area contributed by atoms with Crippen molar-refractivity contribution in [3.05, 3.63) is 59.4 Å². The molecule has 2 N–H and O–H groups in total. The monoisotopic (exact) mass is 420 g/mol. The molecule has 1 aliphatic rings. The lowest BCUT2D eigenvalue weighted by Crippen LogP contribution is -2.37. The highest BCUT2D eigenvalue weighted by molar-refractivity contribution is 7.92. The number of halogens is 1. The van der Waals surface area contributed by atoms with Gasteiger partial charge in [-0.15, -0.1) is 0 Å². The van der Waals surface area contributed by atoms with Crippen LogP contribution in [-0.4, -0.2) is 32.4 Å². The van der Waals surface area contributed by atoms with Gasteiger partial charge >= 0.3 is 5.97 Å². The van der Waals surface area contributed by atoms with E-state index in [0.29, 0.717) is 0 Å². The Morgan fingerprint density at radius 1 is 1.17 bits per heavy atom. The van der Waals surface area contributed by atoms with Gasteiger partial charge in [0.05, 0.1) is 16.1 Å². The minimum absolute atomic E-state index is 0.00368. The number of nitrogens with one attached hydrogen (secondary N) is 2. The maximum atomic E-state index is 13.3. The molecule has 0 saturated heterocycles. The number of carbonyl (C=O) groups excluding carboxylic acids is 2. The molecule has 0 bridgehead atoms. The van der Waals surface area contributed by atoms with E-state index in [1.165, 1.54) is 26.0 Å². The van der Waals surface area contributed by atoms with Gasteiger partial charge in [-0.3, -0.25) is 9.52 Å². The number of para-hydroxylation sites is 1. The molecule has 3 rings (SSSR count). The fraction of sp³-hybridized carbons (Fsp3) is 0.300. The van der Waals surface area contributed by atoms with Crippen LogP contribution in [0, 0.1) is 12.7 Å². The summed E-state index contributed by atoms with van der Waals surface area (Å²) in [5.74, 6) is -1.79. The highest BCUT2D eigenvalue weighted by Crippen LogP contribution is 2.24. The number of esters is 1. The maximum absolute atomic E-state index is 13.3. The molecule has 0 aromatic heterocycles. The number of aryl methyl sites for hydroxylation is 1. The number of amides is 1. The minimum Gasteiger partial charge on any atom is -0.449 e. The summed E-state index contributed by atoms with van der Waals surface area (Å²) in [6.07, 6.45) is 0.784. The molecule has 1 atom stereocenters. The van der Waals surface area contributed by atoms with Crippen LogP contribution in [0.4, 0.5) is 10.1 Å². The number of rotatable bonds is 7. The van der Waals surface area contributed by atoms with Crippen LogP contribution in [0.5, 0.6) is 0 Å². The lowest BCUT2D eigenvalue weighted by Gasteiger charge is -2.16. The smallest absolute Gasteiger partial charge is 0.341 e. The molecule has 0 spiro atoms. The second-order valence-corrected chi connectivity index (χ2v) is 8.54. The van der Waals surface area contributed by atoms with Crippen molar-refractivity contribution in [2.45, 2.75) is 43.7 Å². The first-order chi connectivity index (χ1) is 13.7. The average molecular weight is 420 g/mol. The molecule has 29 heavy (non-hydrogen) atoms. The fourth-order valence-corrected chi connectivity index (χ4v) is 4.00. The Kier molecular flexibility index (Phi) is 5.88. The number of carbonyl (C=O) groups is 2. The van der Waals surface area contributed by atoms with Crippen molar-refractivity contribution in [2.75, 3.05) is 4.72 Å². The van der Waals surface area contributed by atoms with Crippen molar-refractivity contribution in [1.29, 1.82) is 0 Å². The van der Waals surface area contributed by atoms with Crippen molar-refractivity contribution in [1.82, 2.24) is 5.32 Å². The number of sulfonamides is 1. The van der Waals surface area contributed by atoms with Crippen molar-refractivity contribution < 1.29 is 27.1 Å². The van der Waals surface area contributed by atoms with Gasteiger partial charge in [0.15, 0.2) is 6.10 Å². The van der Waals surface area contributed by atoms with E-state index in [9.17, 15) is 22.4 Å². The van der Waals surface area contributed by atoms with Gasteiger partial charge in [0.25, 0.3) is 15.9 Å². The molecule has 1 saturated carbocycles. The highest BCUT2D eigenvalue weighted by atomic mass is 32.2. The van der Waals surface area contributed by atoms with Gasteiger partial charge in [-0.1, -0.05) is 12.1 Å². The van der Waals surface area contributed by atoms with Gasteiger partial charge in [0.1, 0.15) is 5.82 Å². The SMILES string of the molecule is Cc1cc(F)ccc1S(=O)(=O)Nc1ccccc1C(=O)O[C@H](C)C(=O)NC1CC1. The summed E-state index contributed by atoms with van der Waals surface area (Å²) in [6, 6.07) is 9.32. The second-order valence-electron chi connectivity index (χ2n) is 6.89. The molecular formula is C20H21FN2O5S. The molecule has 9 heteroatoms. The summed E-state index contributed by atoms with van der Waals surface area (Å²) >= 11 is 0. The Labute approximate surface area is 168 Å². The zero-order valence-corrected chi connectivity index (χ0v) is 16.8. The minimum atomic E-state index is -4.07. The highest BCUT2D eigenvalue weighted by Gasteiger charge is 2.28. The number of benzene rings is 2. The van der Waals surface area contributed by atoms with Crippen LogP contribution in [0.1, 0.15) is 35.7 Å². The van der Waals surface area contributed by atoms with Gasteiger partial charge in [0, 0.05) is 6.04 Å². The third-order valence-corrected chi connectivity index (χ3v) is 5.92. The Hall–Kier alpha value is -2.94. The summed E-state index contributed by atoms with van der Waals surface area (Å²) in [4.78, 5) is 24.4. The van der Waals surface area contributed by atoms with E-state index in [-0.39, 0.29) is 27.8 Å². The van der Waals surface area contributed by atoms with E-state index in [2.05, 4.69) is 10.0 Å². The Balaban J connectivity index is 1.79. The molecule has 0 unspecified atom stereocenters. The molecule has 0 radical (unpaired) electrons. The maximum Gasteiger partial charge on any atom is 0.341 e. The predicted molar refractivity (Wildman–Crippen MR) is 104 cm³/mol. The van der Waals surface area contributed by atoms with Crippen molar-refractivity contribution in [3.8, 4) is 0 Å². The summed E-state index contributed by atoms with van der Waals surface area (Å²) in [7, 11) is -4.07. The topological polar surface area (TPSA) is 102 Å². The third-order valence-electron chi connectivity index (χ3n) is 4.39. The van der Waals surface area contributed by atoms with Gasteiger partial charge in [-0.2, -0.15) is 0 Å². The number of ether oxygens (including phenoxy) is 1. The predicted octanol–water partition coefficient (Wildman–Crippen LogP) is 2.76. The zero-order valence-electron chi connectivity index (χ0n) is 15.9. The van der Waals surface area contributed by atoms with Gasteiger partial charge in [-0.25, -0.2) is 17.6 Å². The van der Waals surface area contributed by atoms with E-state index >= 15 is 0 Å². The molecule has 2 aromatic rings. The Morgan fingerprint density at radius 3 is 2.52 bits per heavy atom. The van der Waals surface area contributed by atoms with E-state index in [1.54, 1.807) is 12.1 Å². The van der Waals surface area contributed by atoms with Crippen molar-refractivity contribution in [3.63, 3.8) is 0 Å². The van der Waals surface area contributed by atoms with E-state index < -0.39 is 33.8 Å². The van der Waals surface area contributed by atoms with Crippen LogP contribution in [-0.2, 0) is 19.6 Å². The normalized spacial score (nSPS) is 14.7. The van der Waals surface area contributed by atoms with E-state index in [1.807, 2.05) is 0 Å². The van der Waals surface area contributed by atoms with Crippen LogP contribution in [0.15, 0.2) is 47.4 Å². The Bertz CT molecular complexity index is 1050. The molecule has 7 nitrogen and oxygen atoms in total. The molecular weight excluding hydrogens is 399 g/mol. The fourth-order valence-electron chi connectivity index (χ4n) is 2.69.